The summed E-state index contributed by atoms with van der Waals surface area (Å²) >= 11 is 0. The Hall–Kier alpha value is -4.01. The van der Waals surface area contributed by atoms with Gasteiger partial charge < -0.3 is 28.7 Å². The Morgan fingerprint density at radius 1 is 0.811 bits per heavy atom. The van der Waals surface area contributed by atoms with Crippen molar-refractivity contribution in [3.63, 3.8) is 0 Å². The topological polar surface area (TPSA) is 86.3 Å². The van der Waals surface area contributed by atoms with Crippen LogP contribution in [0.5, 0.6) is 23.0 Å². The highest BCUT2D eigenvalue weighted by Gasteiger charge is 2.26. The van der Waals surface area contributed by atoms with Crippen molar-refractivity contribution in [3.8, 4) is 34.3 Å². The van der Waals surface area contributed by atoms with Gasteiger partial charge in [-0.1, -0.05) is 0 Å². The van der Waals surface area contributed by atoms with Gasteiger partial charge in [0.25, 0.3) is 5.91 Å². The first kappa shape index (κ1) is 26.1. The van der Waals surface area contributed by atoms with Crippen LogP contribution in [-0.2, 0) is 0 Å². The second-order valence-corrected chi connectivity index (χ2v) is 8.39. The van der Waals surface area contributed by atoms with Crippen LogP contribution in [-0.4, -0.2) is 74.1 Å². The minimum Gasteiger partial charge on any atom is -0.497 e. The maximum atomic E-state index is 13.4. The van der Waals surface area contributed by atoms with Gasteiger partial charge in [0, 0.05) is 37.3 Å². The summed E-state index contributed by atoms with van der Waals surface area (Å²) < 4.78 is 22.5. The second-order valence-electron chi connectivity index (χ2n) is 8.39. The van der Waals surface area contributed by atoms with Crippen molar-refractivity contribution in [2.45, 2.75) is 20.8 Å². The first-order valence-corrected chi connectivity index (χ1v) is 12.7. The molecule has 4 rings (SSSR count). The summed E-state index contributed by atoms with van der Waals surface area (Å²) in [5, 5.41) is 8.84. The summed E-state index contributed by atoms with van der Waals surface area (Å²) in [7, 11) is 1.64. The number of hydrogen-bond acceptors (Lipinski definition) is 8. The van der Waals surface area contributed by atoms with Crippen LogP contribution in [0.25, 0.3) is 11.3 Å². The van der Waals surface area contributed by atoms with Crippen LogP contribution in [0.1, 0.15) is 31.1 Å². The van der Waals surface area contributed by atoms with Crippen LogP contribution in [0.3, 0.4) is 0 Å². The maximum absolute atomic E-state index is 13.4. The number of ether oxygens (including phenoxy) is 4. The monoisotopic (exact) mass is 506 g/mol. The van der Waals surface area contributed by atoms with Crippen molar-refractivity contribution in [3.05, 3.63) is 54.1 Å². The van der Waals surface area contributed by atoms with E-state index in [1.54, 1.807) is 19.2 Å². The number of anilines is 1. The maximum Gasteiger partial charge on any atom is 0.254 e. The quantitative estimate of drug-likeness (QED) is 0.402. The Morgan fingerprint density at radius 3 is 1.95 bits per heavy atom. The van der Waals surface area contributed by atoms with Gasteiger partial charge in [-0.15, -0.1) is 10.2 Å². The molecule has 2 aromatic carbocycles. The predicted octanol–water partition coefficient (Wildman–Crippen LogP) is 4.31. The molecule has 0 unspecified atom stereocenters. The molecule has 1 aliphatic rings. The molecule has 0 bridgehead atoms. The van der Waals surface area contributed by atoms with E-state index in [9.17, 15) is 4.79 Å². The molecule has 1 fully saturated rings. The van der Waals surface area contributed by atoms with Gasteiger partial charge in [-0.05, 0) is 69.3 Å². The molecule has 0 spiro atoms. The van der Waals surface area contributed by atoms with E-state index >= 15 is 0 Å². The summed E-state index contributed by atoms with van der Waals surface area (Å²) in [6.45, 7) is 9.56. The van der Waals surface area contributed by atoms with Gasteiger partial charge in [0.1, 0.15) is 5.75 Å². The number of carbonyl (C=O) groups is 1. The van der Waals surface area contributed by atoms with Gasteiger partial charge in [-0.25, -0.2) is 0 Å². The smallest absolute Gasteiger partial charge is 0.254 e. The molecule has 0 radical (unpaired) electrons. The lowest BCUT2D eigenvalue weighted by atomic mass is 10.1. The van der Waals surface area contributed by atoms with Crippen LogP contribution in [0.4, 0.5) is 5.82 Å². The Balaban J connectivity index is 1.43. The van der Waals surface area contributed by atoms with E-state index in [0.29, 0.717) is 68.8 Å². The number of benzene rings is 2. The molecule has 1 aromatic heterocycles. The molecular formula is C28H34N4O5. The molecule has 0 aliphatic carbocycles. The summed E-state index contributed by atoms with van der Waals surface area (Å²) in [6, 6.07) is 15.2. The standard InChI is InChI=1S/C28H34N4O5/c1-5-35-24-18-21(19-25(36-6-2)27(24)37-7-3)28(33)32-16-14-31(15-17-32)26-13-12-23(29-30-26)20-8-10-22(34-4)11-9-20/h8-13,18-19H,5-7,14-17H2,1-4H3. The Kier molecular flexibility index (Phi) is 8.66. The van der Waals surface area contributed by atoms with E-state index in [2.05, 4.69) is 15.1 Å². The normalized spacial score (nSPS) is 13.3. The van der Waals surface area contributed by atoms with Gasteiger partial charge >= 0.3 is 0 Å². The lowest BCUT2D eigenvalue weighted by Crippen LogP contribution is -2.49. The van der Waals surface area contributed by atoms with Gasteiger partial charge in [0.15, 0.2) is 17.3 Å². The first-order chi connectivity index (χ1) is 18.1. The SMILES string of the molecule is CCOc1cc(C(=O)N2CCN(c3ccc(-c4ccc(OC)cc4)nn3)CC2)cc(OCC)c1OCC. The van der Waals surface area contributed by atoms with Crippen LogP contribution in [0, 0.1) is 0 Å². The number of piperazine rings is 1. The van der Waals surface area contributed by atoms with Gasteiger partial charge in [0.2, 0.25) is 5.75 Å². The minimum atomic E-state index is -0.0643. The average Bonchev–Trinajstić information content (AvgIpc) is 2.95. The minimum absolute atomic E-state index is 0.0643. The third-order valence-electron chi connectivity index (χ3n) is 6.08. The van der Waals surface area contributed by atoms with Crippen LogP contribution >= 0.6 is 0 Å². The molecule has 9 nitrogen and oxygen atoms in total. The molecule has 0 N–H and O–H groups in total. The van der Waals surface area contributed by atoms with Crippen molar-refractivity contribution in [1.29, 1.82) is 0 Å². The fourth-order valence-corrected chi connectivity index (χ4v) is 4.24. The molecular weight excluding hydrogens is 472 g/mol. The highest BCUT2D eigenvalue weighted by atomic mass is 16.5. The fraction of sp³-hybridized carbons (Fsp3) is 0.393. The molecule has 2 heterocycles. The lowest BCUT2D eigenvalue weighted by molar-refractivity contribution is 0.0745. The van der Waals surface area contributed by atoms with E-state index in [-0.39, 0.29) is 5.91 Å². The highest BCUT2D eigenvalue weighted by Crippen LogP contribution is 2.39. The molecule has 37 heavy (non-hydrogen) atoms. The van der Waals surface area contributed by atoms with Crippen LogP contribution < -0.4 is 23.8 Å². The molecule has 0 saturated carbocycles. The van der Waals surface area contributed by atoms with Crippen molar-refractivity contribution in [2.24, 2.45) is 0 Å². The number of carbonyl (C=O) groups excluding carboxylic acids is 1. The van der Waals surface area contributed by atoms with Crippen molar-refractivity contribution in [2.75, 3.05) is 58.0 Å². The number of nitrogens with zero attached hydrogens (tertiary/aromatic N) is 4. The van der Waals surface area contributed by atoms with Gasteiger partial charge in [0.05, 0.1) is 32.6 Å². The summed E-state index contributed by atoms with van der Waals surface area (Å²) in [5.41, 5.74) is 2.29. The third kappa shape index (κ3) is 6.04. The molecule has 0 atom stereocenters. The lowest BCUT2D eigenvalue weighted by Gasteiger charge is -2.35. The van der Waals surface area contributed by atoms with Crippen molar-refractivity contribution >= 4 is 11.7 Å². The van der Waals surface area contributed by atoms with E-state index < -0.39 is 0 Å². The number of aromatic nitrogens is 2. The van der Waals surface area contributed by atoms with Crippen LogP contribution in [0.2, 0.25) is 0 Å². The Bertz CT molecular complexity index is 1150. The summed E-state index contributed by atoms with van der Waals surface area (Å²) in [5.74, 6) is 3.10. The Morgan fingerprint density at radius 2 is 1.43 bits per heavy atom. The number of methoxy groups -OCH3 is 1. The molecule has 9 heteroatoms. The van der Waals surface area contributed by atoms with E-state index in [0.717, 1.165) is 22.8 Å². The molecule has 3 aromatic rings. The molecule has 1 saturated heterocycles. The summed E-state index contributed by atoms with van der Waals surface area (Å²) in [4.78, 5) is 17.4. The average molecular weight is 507 g/mol. The zero-order chi connectivity index (χ0) is 26.2. The largest absolute Gasteiger partial charge is 0.497 e. The molecule has 1 aliphatic heterocycles. The van der Waals surface area contributed by atoms with Gasteiger partial charge in [-0.3, -0.25) is 4.79 Å². The Labute approximate surface area is 217 Å². The number of hydrogen-bond donors (Lipinski definition) is 0. The zero-order valence-corrected chi connectivity index (χ0v) is 21.9. The predicted molar refractivity (Wildman–Crippen MR) is 142 cm³/mol. The molecule has 1 amide bonds. The van der Waals surface area contributed by atoms with Crippen LogP contribution in [0.15, 0.2) is 48.5 Å². The van der Waals surface area contributed by atoms with E-state index in [1.807, 2.05) is 62.1 Å². The highest BCUT2D eigenvalue weighted by molar-refractivity contribution is 5.96. The first-order valence-electron chi connectivity index (χ1n) is 12.7. The van der Waals surface area contributed by atoms with Crippen molar-refractivity contribution < 1.29 is 23.7 Å². The third-order valence-corrected chi connectivity index (χ3v) is 6.08. The van der Waals surface area contributed by atoms with Gasteiger partial charge in [-0.2, -0.15) is 0 Å². The van der Waals surface area contributed by atoms with E-state index in [1.165, 1.54) is 0 Å². The number of amides is 1. The fourth-order valence-electron chi connectivity index (χ4n) is 4.24. The zero-order valence-electron chi connectivity index (χ0n) is 21.9. The number of rotatable bonds is 10. The van der Waals surface area contributed by atoms with Crippen molar-refractivity contribution in [1.82, 2.24) is 15.1 Å². The second kappa shape index (κ2) is 12.3. The molecule has 196 valence electrons. The van der Waals surface area contributed by atoms with E-state index in [4.69, 9.17) is 18.9 Å². The summed E-state index contributed by atoms with van der Waals surface area (Å²) in [6.07, 6.45) is 0.